The molecule has 1 heterocycles. The highest BCUT2D eigenvalue weighted by atomic mass is 32.2. The highest BCUT2D eigenvalue weighted by Crippen LogP contribution is 2.03. The molecule has 0 radical (unpaired) electrons. The number of unbranched alkanes of at least 4 members (excludes halogenated alkanes) is 3. The van der Waals surface area contributed by atoms with Crippen LogP contribution in [0, 0.1) is 0 Å². The van der Waals surface area contributed by atoms with Gasteiger partial charge in [-0.15, -0.1) is 0 Å². The van der Waals surface area contributed by atoms with Crippen molar-refractivity contribution < 1.29 is 18.1 Å². The van der Waals surface area contributed by atoms with E-state index < -0.39 is 15.9 Å². The van der Waals surface area contributed by atoms with E-state index in [0.717, 1.165) is 38.6 Å². The number of aryl methyl sites for hydroxylation is 2. The molecule has 1 aromatic rings. The molecule has 0 atom stereocenters. The largest absolute Gasteiger partial charge is 0.861 e. The summed E-state index contributed by atoms with van der Waals surface area (Å²) in [5.41, 5.74) is 0. The van der Waals surface area contributed by atoms with Crippen molar-refractivity contribution in [1.29, 1.82) is 0 Å². The summed E-state index contributed by atoms with van der Waals surface area (Å²) in [7, 11) is -3.54. The molecule has 0 unspecified atom stereocenters. The molecular weight excluding hydrogens is 278 g/mol. The molecule has 1 aromatic heterocycles. The second kappa shape index (κ2) is 8.04. The van der Waals surface area contributed by atoms with Crippen LogP contribution in [-0.4, -0.2) is 25.1 Å². The lowest BCUT2D eigenvalue weighted by atomic mass is 10.1. The summed E-state index contributed by atoms with van der Waals surface area (Å²) in [4.78, 5) is 0. The monoisotopic (exact) mass is 301 g/mol. The van der Waals surface area contributed by atoms with Crippen LogP contribution < -0.4 is 9.67 Å². The van der Waals surface area contributed by atoms with Gasteiger partial charge in [0.1, 0.15) is 12.4 Å². The Labute approximate surface area is 120 Å². The molecule has 0 N–H and O–H groups in total. The molecule has 20 heavy (non-hydrogen) atoms. The molecule has 0 aliphatic rings. The van der Waals surface area contributed by atoms with Crippen LogP contribution in [0.4, 0.5) is 0 Å². The minimum atomic E-state index is -3.54. The second-order valence-corrected chi connectivity index (χ2v) is 6.51. The van der Waals surface area contributed by atoms with E-state index in [1.54, 1.807) is 0 Å². The molecule has 0 spiro atoms. The molecule has 0 aliphatic heterocycles. The molecular formula is C13H23N3O3S. The summed E-state index contributed by atoms with van der Waals surface area (Å²) in [5, 5.41) is 11.2. The van der Waals surface area contributed by atoms with E-state index in [2.05, 4.69) is 33.0 Å². The van der Waals surface area contributed by atoms with E-state index in [-0.39, 0.29) is 6.42 Å². The molecule has 1 rings (SSSR count). The third kappa shape index (κ3) is 7.28. The lowest BCUT2D eigenvalue weighted by Crippen LogP contribution is -2.30. The zero-order valence-electron chi connectivity index (χ0n) is 12.2. The van der Waals surface area contributed by atoms with Crippen LogP contribution in [0.1, 0.15) is 39.0 Å². The van der Waals surface area contributed by atoms with Crippen LogP contribution in [0.5, 0.6) is 0 Å². The molecule has 6 nitrogen and oxygen atoms in total. The Balaban J connectivity index is 2.12. The fraction of sp³-hybridized carbons (Fsp3) is 0.692. The van der Waals surface area contributed by atoms with Gasteiger partial charge in [-0.1, -0.05) is 6.42 Å². The molecule has 0 fully saturated rings. The number of sulfonamides is 1. The normalized spacial score (nSPS) is 12.8. The van der Waals surface area contributed by atoms with Crippen molar-refractivity contribution in [3.8, 4) is 0 Å². The summed E-state index contributed by atoms with van der Waals surface area (Å²) in [5.74, 6) is -0.540. The highest BCUT2D eigenvalue weighted by molar-refractivity contribution is 7.89. The fourth-order valence-electron chi connectivity index (χ4n) is 1.91. The average Bonchev–Trinajstić information content (AvgIpc) is 2.79. The van der Waals surface area contributed by atoms with Crippen molar-refractivity contribution in [3.05, 3.63) is 18.7 Å². The smallest absolute Gasteiger partial charge is 0.249 e. The van der Waals surface area contributed by atoms with Gasteiger partial charge in [0.15, 0.2) is 0 Å². The Bertz CT molecular complexity index is 535. The van der Waals surface area contributed by atoms with E-state index in [0.29, 0.717) is 6.42 Å². The van der Waals surface area contributed by atoms with Gasteiger partial charge in [-0.2, -0.15) is 4.40 Å². The highest BCUT2D eigenvalue weighted by Gasteiger charge is 2.01. The van der Waals surface area contributed by atoms with Gasteiger partial charge in [-0.3, -0.25) is 0 Å². The van der Waals surface area contributed by atoms with Crippen molar-refractivity contribution in [2.45, 2.75) is 52.1 Å². The zero-order valence-corrected chi connectivity index (χ0v) is 13.0. The SMILES string of the molecule is CCn1cc[n+](CCCCCC/C([O-])=N/S(C)(=O)=O)c1. The first kappa shape index (κ1) is 16.7. The molecule has 0 aliphatic carbocycles. The van der Waals surface area contributed by atoms with Gasteiger partial charge in [0.05, 0.1) is 19.3 Å². The first-order chi connectivity index (χ1) is 9.40. The van der Waals surface area contributed by atoms with Crippen LogP contribution >= 0.6 is 0 Å². The maximum Gasteiger partial charge on any atom is 0.249 e. The molecule has 0 saturated heterocycles. The average molecular weight is 301 g/mol. The minimum Gasteiger partial charge on any atom is -0.861 e. The minimum absolute atomic E-state index is 0.215. The van der Waals surface area contributed by atoms with E-state index in [9.17, 15) is 13.5 Å². The third-order valence-corrected chi connectivity index (χ3v) is 3.47. The summed E-state index contributed by atoms with van der Waals surface area (Å²) < 4.78 is 28.9. The first-order valence-electron chi connectivity index (χ1n) is 6.91. The summed E-state index contributed by atoms with van der Waals surface area (Å²) in [6.45, 7) is 4.04. The van der Waals surface area contributed by atoms with Crippen LogP contribution in [0.3, 0.4) is 0 Å². The number of aromatic nitrogens is 2. The van der Waals surface area contributed by atoms with Crippen LogP contribution in [0.25, 0.3) is 0 Å². The molecule has 0 bridgehead atoms. The van der Waals surface area contributed by atoms with Crippen molar-refractivity contribution in [1.82, 2.24) is 4.57 Å². The summed E-state index contributed by atoms with van der Waals surface area (Å²) in [6, 6.07) is 0. The first-order valence-corrected chi connectivity index (χ1v) is 8.76. The number of imidazole rings is 1. The van der Waals surface area contributed by atoms with Gasteiger partial charge in [0.2, 0.25) is 16.4 Å². The maximum absolute atomic E-state index is 11.2. The van der Waals surface area contributed by atoms with Gasteiger partial charge in [-0.05, 0) is 38.5 Å². The number of hydrogen-bond acceptors (Lipinski definition) is 3. The van der Waals surface area contributed by atoms with E-state index >= 15 is 0 Å². The Morgan fingerprint density at radius 2 is 2.00 bits per heavy atom. The number of rotatable bonds is 9. The van der Waals surface area contributed by atoms with Crippen molar-refractivity contribution in [2.75, 3.05) is 6.26 Å². The predicted molar refractivity (Wildman–Crippen MR) is 75.7 cm³/mol. The lowest BCUT2D eigenvalue weighted by molar-refractivity contribution is -0.696. The Hall–Kier alpha value is -1.37. The Morgan fingerprint density at radius 1 is 1.30 bits per heavy atom. The van der Waals surface area contributed by atoms with Crippen molar-refractivity contribution in [3.63, 3.8) is 0 Å². The number of nitrogens with zero attached hydrogens (tertiary/aromatic N) is 3. The van der Waals surface area contributed by atoms with Crippen LogP contribution in [0.2, 0.25) is 0 Å². The van der Waals surface area contributed by atoms with Crippen molar-refractivity contribution in [2.24, 2.45) is 4.40 Å². The van der Waals surface area contributed by atoms with Crippen LogP contribution in [-0.2, 0) is 23.1 Å². The summed E-state index contributed by atoms with van der Waals surface area (Å²) >= 11 is 0. The van der Waals surface area contributed by atoms with Crippen LogP contribution in [0.15, 0.2) is 23.1 Å². The quantitative estimate of drug-likeness (QED) is 0.288. The van der Waals surface area contributed by atoms with Gasteiger partial charge in [0, 0.05) is 0 Å². The molecule has 0 aromatic carbocycles. The Kier molecular flexibility index (Phi) is 6.70. The molecule has 114 valence electrons. The topological polar surface area (TPSA) is 78.4 Å². The summed E-state index contributed by atoms with van der Waals surface area (Å²) in [6.07, 6.45) is 11.0. The lowest BCUT2D eigenvalue weighted by Gasteiger charge is -2.08. The van der Waals surface area contributed by atoms with Gasteiger partial charge >= 0.3 is 0 Å². The van der Waals surface area contributed by atoms with E-state index in [1.165, 1.54) is 0 Å². The number of hydrogen-bond donors (Lipinski definition) is 0. The van der Waals surface area contributed by atoms with Crippen molar-refractivity contribution >= 4 is 15.9 Å². The van der Waals surface area contributed by atoms with Gasteiger partial charge < -0.3 is 5.11 Å². The third-order valence-electron chi connectivity index (χ3n) is 2.94. The molecule has 7 heteroatoms. The van der Waals surface area contributed by atoms with Gasteiger partial charge in [-0.25, -0.2) is 17.6 Å². The zero-order chi connectivity index (χ0) is 15.0. The second-order valence-electron chi connectivity index (χ2n) is 4.86. The van der Waals surface area contributed by atoms with E-state index in [1.807, 2.05) is 6.20 Å². The fourth-order valence-corrected chi connectivity index (χ4v) is 2.37. The molecule has 0 amide bonds. The molecule has 0 saturated carbocycles. The predicted octanol–water partition coefficient (Wildman–Crippen LogP) is 0.464. The standard InChI is InChI=1S/C13H23N3O3S/c1-3-15-10-11-16(12-15)9-7-5-4-6-8-13(17)14-20(2,18)19/h10-12H,3-9H2,1-2H3. The van der Waals surface area contributed by atoms with E-state index in [4.69, 9.17) is 0 Å². The maximum atomic E-state index is 11.2. The van der Waals surface area contributed by atoms with Gasteiger partial charge in [0.25, 0.3) is 0 Å². The Morgan fingerprint density at radius 3 is 2.60 bits per heavy atom.